The number of methoxy groups -OCH3 is 1. The molecule has 7 heteroatoms. The van der Waals surface area contributed by atoms with Crippen molar-refractivity contribution >= 4 is 17.3 Å². The predicted octanol–water partition coefficient (Wildman–Crippen LogP) is 4.65. The normalized spacial score (nSPS) is 23.1. The van der Waals surface area contributed by atoms with E-state index in [-0.39, 0.29) is 12.1 Å². The molecule has 1 fully saturated rings. The molecule has 3 aliphatic rings. The molecule has 0 bridgehead atoms. The van der Waals surface area contributed by atoms with Crippen molar-refractivity contribution in [2.45, 2.75) is 18.6 Å². The minimum Gasteiger partial charge on any atom is -0.497 e. The Morgan fingerprint density at radius 2 is 1.64 bits per heavy atom. The zero-order valence-electron chi connectivity index (χ0n) is 18.4. The Balaban J connectivity index is 1.38. The standard InChI is InChI=1S/C26H26ClN3O3/c1-31-19-8-2-16(3-9-19)14-30-15-21-25(17-4-6-18(27)7-5-17)28-29-26(21)20-12-23-24(13-22(20)30)33-11-10-32-23/h2-9,12-13,21,25-26,28-29H,10-11,14-15H2,1H3. The number of ether oxygens (including phenoxy) is 3. The predicted molar refractivity (Wildman–Crippen MR) is 128 cm³/mol. The molecule has 3 aromatic carbocycles. The topological polar surface area (TPSA) is 55.0 Å². The largest absolute Gasteiger partial charge is 0.497 e. The first-order valence-corrected chi connectivity index (χ1v) is 11.7. The molecule has 0 aromatic heterocycles. The Labute approximate surface area is 198 Å². The summed E-state index contributed by atoms with van der Waals surface area (Å²) in [6.07, 6.45) is 0. The Hall–Kier alpha value is -2.93. The van der Waals surface area contributed by atoms with Crippen molar-refractivity contribution in [3.63, 3.8) is 0 Å². The zero-order valence-corrected chi connectivity index (χ0v) is 19.1. The minimum atomic E-state index is 0.170. The first kappa shape index (κ1) is 20.7. The minimum absolute atomic E-state index is 0.170. The van der Waals surface area contributed by atoms with Crippen LogP contribution < -0.4 is 30.0 Å². The molecular formula is C26H26ClN3O3. The summed E-state index contributed by atoms with van der Waals surface area (Å²) < 4.78 is 17.2. The summed E-state index contributed by atoms with van der Waals surface area (Å²) in [5, 5.41) is 0.750. The van der Waals surface area contributed by atoms with Gasteiger partial charge in [0.1, 0.15) is 19.0 Å². The maximum atomic E-state index is 6.15. The van der Waals surface area contributed by atoms with Crippen LogP contribution in [0.4, 0.5) is 5.69 Å². The summed E-state index contributed by atoms with van der Waals surface area (Å²) in [7, 11) is 1.69. The van der Waals surface area contributed by atoms with Gasteiger partial charge in [-0.3, -0.25) is 0 Å². The lowest BCUT2D eigenvalue weighted by Crippen LogP contribution is -2.39. The van der Waals surface area contributed by atoms with E-state index in [0.717, 1.165) is 35.4 Å². The lowest BCUT2D eigenvalue weighted by atomic mass is 9.81. The van der Waals surface area contributed by atoms with E-state index in [1.807, 2.05) is 24.3 Å². The number of hydrazine groups is 1. The van der Waals surface area contributed by atoms with E-state index >= 15 is 0 Å². The third kappa shape index (κ3) is 3.78. The van der Waals surface area contributed by atoms with Gasteiger partial charge in [0.25, 0.3) is 0 Å². The summed E-state index contributed by atoms with van der Waals surface area (Å²) >= 11 is 6.15. The highest BCUT2D eigenvalue weighted by Gasteiger charge is 2.44. The highest BCUT2D eigenvalue weighted by molar-refractivity contribution is 6.30. The molecule has 0 radical (unpaired) electrons. The van der Waals surface area contributed by atoms with E-state index in [1.165, 1.54) is 22.4 Å². The molecule has 3 heterocycles. The number of hydrogen-bond acceptors (Lipinski definition) is 6. The Kier molecular flexibility index (Phi) is 5.29. The SMILES string of the molecule is COc1ccc(CN2CC3C(c4ccc(Cl)cc4)NNC3c3cc4c(cc32)OCCO4)cc1. The van der Waals surface area contributed by atoms with Crippen LogP contribution in [-0.2, 0) is 6.54 Å². The quantitative estimate of drug-likeness (QED) is 0.587. The van der Waals surface area contributed by atoms with Gasteiger partial charge in [-0.1, -0.05) is 35.9 Å². The fourth-order valence-electron chi connectivity index (χ4n) is 5.18. The van der Waals surface area contributed by atoms with Crippen molar-refractivity contribution < 1.29 is 14.2 Å². The first-order valence-electron chi connectivity index (χ1n) is 11.3. The van der Waals surface area contributed by atoms with Crippen molar-refractivity contribution in [3.8, 4) is 17.2 Å². The van der Waals surface area contributed by atoms with Crippen LogP contribution in [0.5, 0.6) is 17.2 Å². The summed E-state index contributed by atoms with van der Waals surface area (Å²) in [4.78, 5) is 2.45. The Morgan fingerprint density at radius 1 is 0.939 bits per heavy atom. The van der Waals surface area contributed by atoms with Gasteiger partial charge in [0.2, 0.25) is 0 Å². The van der Waals surface area contributed by atoms with Crippen molar-refractivity contribution in [2.24, 2.45) is 5.92 Å². The van der Waals surface area contributed by atoms with E-state index in [4.69, 9.17) is 25.8 Å². The highest BCUT2D eigenvalue weighted by Crippen LogP contribution is 2.49. The summed E-state index contributed by atoms with van der Waals surface area (Å²) in [5.74, 6) is 2.84. The maximum absolute atomic E-state index is 6.15. The number of rotatable bonds is 4. The molecule has 0 saturated carbocycles. The van der Waals surface area contributed by atoms with Gasteiger partial charge >= 0.3 is 0 Å². The van der Waals surface area contributed by atoms with E-state index in [9.17, 15) is 0 Å². The van der Waals surface area contributed by atoms with Crippen LogP contribution in [0.3, 0.4) is 0 Å². The van der Waals surface area contributed by atoms with Crippen LogP contribution in [-0.4, -0.2) is 26.9 Å². The van der Waals surface area contributed by atoms with Crippen LogP contribution >= 0.6 is 11.6 Å². The number of hydrogen-bond donors (Lipinski definition) is 2. The summed E-state index contributed by atoms with van der Waals surface area (Å²) in [6, 6.07) is 21.1. The lowest BCUT2D eigenvalue weighted by Gasteiger charge is -2.40. The molecule has 3 aromatic rings. The van der Waals surface area contributed by atoms with Crippen LogP contribution in [0.15, 0.2) is 60.7 Å². The molecule has 6 rings (SSSR count). The molecule has 3 aliphatic heterocycles. The zero-order chi connectivity index (χ0) is 22.4. The number of nitrogens with zero attached hydrogens (tertiary/aromatic N) is 1. The lowest BCUT2D eigenvalue weighted by molar-refractivity contribution is 0.171. The molecule has 6 nitrogen and oxygen atoms in total. The monoisotopic (exact) mass is 463 g/mol. The van der Waals surface area contributed by atoms with Gasteiger partial charge in [0.05, 0.1) is 19.2 Å². The molecular weight excluding hydrogens is 438 g/mol. The Bertz CT molecular complexity index is 1150. The molecule has 0 spiro atoms. The molecule has 170 valence electrons. The molecule has 0 aliphatic carbocycles. The molecule has 3 atom stereocenters. The van der Waals surface area contributed by atoms with Crippen molar-refractivity contribution in [1.82, 2.24) is 10.9 Å². The molecule has 0 amide bonds. The van der Waals surface area contributed by atoms with Gasteiger partial charge in [-0.25, -0.2) is 10.9 Å². The summed E-state index contributed by atoms with van der Waals surface area (Å²) in [6.45, 7) is 2.85. The fourth-order valence-corrected chi connectivity index (χ4v) is 5.30. The van der Waals surface area contributed by atoms with Gasteiger partial charge in [-0.15, -0.1) is 0 Å². The van der Waals surface area contributed by atoms with Crippen LogP contribution in [0, 0.1) is 5.92 Å². The Morgan fingerprint density at radius 3 is 2.36 bits per heavy atom. The van der Waals surface area contributed by atoms with E-state index in [0.29, 0.717) is 19.1 Å². The van der Waals surface area contributed by atoms with Crippen LogP contribution in [0.1, 0.15) is 28.8 Å². The van der Waals surface area contributed by atoms with Gasteiger partial charge in [0, 0.05) is 35.8 Å². The van der Waals surface area contributed by atoms with Crippen molar-refractivity contribution in [1.29, 1.82) is 0 Å². The highest BCUT2D eigenvalue weighted by atomic mass is 35.5. The molecule has 1 saturated heterocycles. The second-order valence-corrected chi connectivity index (χ2v) is 9.18. The average molecular weight is 464 g/mol. The molecule has 3 unspecified atom stereocenters. The number of halogens is 1. The van der Waals surface area contributed by atoms with Gasteiger partial charge in [-0.2, -0.15) is 0 Å². The number of nitrogens with one attached hydrogen (secondary N) is 2. The fraction of sp³-hybridized carbons (Fsp3) is 0.308. The second kappa shape index (κ2) is 8.45. The molecule has 2 N–H and O–H groups in total. The van der Waals surface area contributed by atoms with Crippen molar-refractivity contribution in [3.05, 3.63) is 82.4 Å². The van der Waals surface area contributed by atoms with Gasteiger partial charge < -0.3 is 19.1 Å². The third-order valence-electron chi connectivity index (χ3n) is 6.81. The van der Waals surface area contributed by atoms with E-state index in [2.05, 4.69) is 52.1 Å². The van der Waals surface area contributed by atoms with Crippen LogP contribution in [0.2, 0.25) is 5.02 Å². The van der Waals surface area contributed by atoms with E-state index < -0.39 is 0 Å². The van der Waals surface area contributed by atoms with Crippen LogP contribution in [0.25, 0.3) is 0 Å². The van der Waals surface area contributed by atoms with Gasteiger partial charge in [-0.05, 0) is 47.0 Å². The second-order valence-electron chi connectivity index (χ2n) is 8.74. The first-order chi connectivity index (χ1) is 16.2. The number of anilines is 1. The van der Waals surface area contributed by atoms with E-state index in [1.54, 1.807) is 7.11 Å². The van der Waals surface area contributed by atoms with Gasteiger partial charge in [0.15, 0.2) is 11.5 Å². The smallest absolute Gasteiger partial charge is 0.163 e. The maximum Gasteiger partial charge on any atom is 0.163 e. The average Bonchev–Trinajstić information content (AvgIpc) is 3.28. The number of benzene rings is 3. The van der Waals surface area contributed by atoms with Crippen molar-refractivity contribution in [2.75, 3.05) is 31.8 Å². The summed E-state index contributed by atoms with van der Waals surface area (Å²) in [5.41, 5.74) is 12.0. The number of fused-ring (bicyclic) bond motifs is 4. The third-order valence-corrected chi connectivity index (χ3v) is 7.06. The molecule has 33 heavy (non-hydrogen) atoms.